The molecule has 0 N–H and O–H groups in total. The Morgan fingerprint density at radius 1 is 1.10 bits per heavy atom. The van der Waals surface area contributed by atoms with E-state index in [2.05, 4.69) is 35.3 Å². The molecule has 29 heavy (non-hydrogen) atoms. The van der Waals surface area contributed by atoms with E-state index in [0.717, 1.165) is 17.0 Å². The SMILES string of the molecule is Cc1nc2nc(SCc3nnnn3-c3ccc(OC(F)F)cc3)nn2c(C)c1C. The number of benzene rings is 1. The lowest BCUT2D eigenvalue weighted by molar-refractivity contribution is -0.0498. The van der Waals surface area contributed by atoms with Crippen molar-refractivity contribution in [2.75, 3.05) is 0 Å². The summed E-state index contributed by atoms with van der Waals surface area (Å²) in [7, 11) is 0. The Labute approximate surface area is 168 Å². The first-order valence-corrected chi connectivity index (χ1v) is 9.57. The molecule has 0 spiro atoms. The summed E-state index contributed by atoms with van der Waals surface area (Å²) < 4.78 is 32.2. The number of aromatic nitrogens is 8. The standard InChI is InChI=1S/C17H16F2N8OS/c1-9-10(2)20-16-21-17(23-26(16)11(9)3)29-8-14-22-24-25-27(14)12-4-6-13(7-5-12)28-15(18)19/h4-7,15H,8H2,1-3H3. The van der Waals surface area contributed by atoms with Crippen molar-refractivity contribution in [1.82, 2.24) is 39.8 Å². The van der Waals surface area contributed by atoms with Gasteiger partial charge in [0.25, 0.3) is 5.78 Å². The second-order valence-electron chi connectivity index (χ2n) is 6.18. The van der Waals surface area contributed by atoms with E-state index in [1.54, 1.807) is 16.6 Å². The first-order chi connectivity index (χ1) is 13.9. The fraction of sp³-hybridized carbons (Fsp3) is 0.294. The molecule has 0 unspecified atom stereocenters. The summed E-state index contributed by atoms with van der Waals surface area (Å²) in [4.78, 5) is 8.92. The van der Waals surface area contributed by atoms with Crippen LogP contribution in [0.15, 0.2) is 29.4 Å². The highest BCUT2D eigenvalue weighted by molar-refractivity contribution is 7.98. The summed E-state index contributed by atoms with van der Waals surface area (Å²) in [6, 6.07) is 6.07. The number of aryl methyl sites for hydroxylation is 2. The molecule has 0 fully saturated rings. The van der Waals surface area contributed by atoms with Gasteiger partial charge in [0.05, 0.1) is 11.4 Å². The Kier molecular flexibility index (Phi) is 5.09. The Morgan fingerprint density at radius 3 is 2.59 bits per heavy atom. The van der Waals surface area contributed by atoms with Crippen molar-refractivity contribution in [2.24, 2.45) is 0 Å². The fourth-order valence-corrected chi connectivity index (χ4v) is 3.42. The Morgan fingerprint density at radius 2 is 1.86 bits per heavy atom. The average Bonchev–Trinajstić information content (AvgIpc) is 3.31. The second-order valence-corrected chi connectivity index (χ2v) is 7.12. The van der Waals surface area contributed by atoms with Crippen molar-refractivity contribution in [3.8, 4) is 11.4 Å². The number of rotatable bonds is 6. The van der Waals surface area contributed by atoms with Crippen LogP contribution in [0.5, 0.6) is 5.75 Å². The maximum atomic E-state index is 12.3. The molecule has 3 heterocycles. The molecule has 3 aromatic heterocycles. The molecule has 1 aromatic carbocycles. The van der Waals surface area contributed by atoms with Crippen LogP contribution in [-0.4, -0.2) is 46.4 Å². The van der Waals surface area contributed by atoms with Crippen LogP contribution in [0.25, 0.3) is 11.5 Å². The molecule has 4 rings (SSSR count). The first kappa shape index (κ1) is 19.2. The molecule has 0 aliphatic carbocycles. The smallest absolute Gasteiger partial charge is 0.387 e. The fourth-order valence-electron chi connectivity index (χ4n) is 2.69. The van der Waals surface area contributed by atoms with Crippen LogP contribution >= 0.6 is 11.8 Å². The molecule has 0 bridgehead atoms. The van der Waals surface area contributed by atoms with E-state index in [-0.39, 0.29) is 5.75 Å². The second kappa shape index (κ2) is 7.70. The molecule has 12 heteroatoms. The highest BCUT2D eigenvalue weighted by atomic mass is 32.2. The summed E-state index contributed by atoms with van der Waals surface area (Å²) in [5.41, 5.74) is 3.60. The van der Waals surface area contributed by atoms with E-state index in [1.807, 2.05) is 20.8 Å². The summed E-state index contributed by atoms with van der Waals surface area (Å²) in [6.45, 7) is 3.04. The minimum atomic E-state index is -2.87. The van der Waals surface area contributed by atoms with Crippen LogP contribution in [0.2, 0.25) is 0 Å². The van der Waals surface area contributed by atoms with Crippen LogP contribution < -0.4 is 4.74 Å². The van der Waals surface area contributed by atoms with Crippen molar-refractivity contribution in [3.63, 3.8) is 0 Å². The number of alkyl halides is 2. The number of hydrogen-bond acceptors (Lipinski definition) is 8. The lowest BCUT2D eigenvalue weighted by atomic mass is 10.2. The zero-order valence-corrected chi connectivity index (χ0v) is 16.6. The molecule has 0 atom stereocenters. The van der Waals surface area contributed by atoms with E-state index in [1.165, 1.54) is 28.6 Å². The Bertz CT molecular complexity index is 1160. The summed E-state index contributed by atoms with van der Waals surface area (Å²) in [6.07, 6.45) is 0. The maximum Gasteiger partial charge on any atom is 0.387 e. The van der Waals surface area contributed by atoms with E-state index in [9.17, 15) is 8.78 Å². The van der Waals surface area contributed by atoms with Gasteiger partial charge in [-0.3, -0.25) is 0 Å². The maximum absolute atomic E-state index is 12.3. The topological polar surface area (TPSA) is 95.9 Å². The van der Waals surface area contributed by atoms with Gasteiger partial charge < -0.3 is 4.74 Å². The number of nitrogens with zero attached hydrogens (tertiary/aromatic N) is 8. The summed E-state index contributed by atoms with van der Waals surface area (Å²) in [5, 5.41) is 16.7. The minimum absolute atomic E-state index is 0.0649. The van der Waals surface area contributed by atoms with Crippen LogP contribution in [0.1, 0.15) is 22.8 Å². The first-order valence-electron chi connectivity index (χ1n) is 8.58. The van der Waals surface area contributed by atoms with Gasteiger partial charge in [0.2, 0.25) is 5.16 Å². The molecule has 0 aliphatic rings. The van der Waals surface area contributed by atoms with Crippen molar-refractivity contribution in [1.29, 1.82) is 0 Å². The molecular formula is C17H16F2N8OS. The quantitative estimate of drug-likeness (QED) is 0.441. The molecule has 0 saturated carbocycles. The molecular weight excluding hydrogens is 402 g/mol. The average molecular weight is 418 g/mol. The van der Waals surface area contributed by atoms with Gasteiger partial charge in [-0.05, 0) is 61.0 Å². The zero-order valence-electron chi connectivity index (χ0n) is 15.7. The summed E-state index contributed by atoms with van der Waals surface area (Å²) in [5.74, 6) is 1.58. The molecule has 0 aliphatic heterocycles. The number of ether oxygens (including phenoxy) is 1. The van der Waals surface area contributed by atoms with Crippen LogP contribution in [-0.2, 0) is 5.75 Å². The lowest BCUT2D eigenvalue weighted by Crippen LogP contribution is -2.04. The van der Waals surface area contributed by atoms with Crippen LogP contribution in [0.3, 0.4) is 0 Å². The van der Waals surface area contributed by atoms with Gasteiger partial charge in [0.15, 0.2) is 5.82 Å². The van der Waals surface area contributed by atoms with Crippen molar-refractivity contribution in [2.45, 2.75) is 38.3 Å². The van der Waals surface area contributed by atoms with E-state index < -0.39 is 6.61 Å². The number of fused-ring (bicyclic) bond motifs is 1. The Hall–Kier alpha value is -3.15. The molecule has 4 aromatic rings. The number of hydrogen-bond donors (Lipinski definition) is 0. The molecule has 150 valence electrons. The van der Waals surface area contributed by atoms with Crippen LogP contribution in [0, 0.1) is 20.8 Å². The minimum Gasteiger partial charge on any atom is -0.435 e. The van der Waals surface area contributed by atoms with Gasteiger partial charge >= 0.3 is 6.61 Å². The predicted molar refractivity (Wildman–Crippen MR) is 100 cm³/mol. The van der Waals surface area contributed by atoms with Gasteiger partial charge in [-0.15, -0.1) is 10.2 Å². The van der Waals surface area contributed by atoms with Gasteiger partial charge in [-0.25, -0.2) is 9.50 Å². The monoisotopic (exact) mass is 418 g/mol. The summed E-state index contributed by atoms with van der Waals surface area (Å²) >= 11 is 1.37. The lowest BCUT2D eigenvalue weighted by Gasteiger charge is -2.06. The van der Waals surface area contributed by atoms with Crippen LogP contribution in [0.4, 0.5) is 8.78 Å². The third-order valence-electron chi connectivity index (χ3n) is 4.41. The number of thioether (sulfide) groups is 1. The van der Waals surface area contributed by atoms with Gasteiger partial charge in [-0.1, -0.05) is 11.8 Å². The van der Waals surface area contributed by atoms with Gasteiger partial charge in [0, 0.05) is 11.4 Å². The van der Waals surface area contributed by atoms with Crippen molar-refractivity contribution in [3.05, 3.63) is 47.0 Å². The van der Waals surface area contributed by atoms with E-state index in [0.29, 0.717) is 28.2 Å². The van der Waals surface area contributed by atoms with Gasteiger partial charge in [-0.2, -0.15) is 18.4 Å². The normalized spacial score (nSPS) is 11.5. The molecule has 9 nitrogen and oxygen atoms in total. The highest BCUT2D eigenvalue weighted by Gasteiger charge is 2.14. The molecule has 0 amide bonds. The molecule has 0 radical (unpaired) electrons. The Balaban J connectivity index is 1.53. The largest absolute Gasteiger partial charge is 0.435 e. The third-order valence-corrected chi connectivity index (χ3v) is 5.25. The van der Waals surface area contributed by atoms with Gasteiger partial charge in [0.1, 0.15) is 5.75 Å². The highest BCUT2D eigenvalue weighted by Crippen LogP contribution is 2.22. The predicted octanol–water partition coefficient (Wildman–Crippen LogP) is 2.92. The van der Waals surface area contributed by atoms with Crippen molar-refractivity contribution < 1.29 is 13.5 Å². The van der Waals surface area contributed by atoms with Crippen molar-refractivity contribution >= 4 is 17.5 Å². The third kappa shape index (κ3) is 3.88. The number of tetrazole rings is 1. The molecule has 0 saturated heterocycles. The number of halogens is 2. The van der Waals surface area contributed by atoms with E-state index in [4.69, 9.17) is 0 Å². The zero-order chi connectivity index (χ0) is 20.5. The van der Waals surface area contributed by atoms with E-state index >= 15 is 0 Å².